The van der Waals surface area contributed by atoms with Crippen molar-refractivity contribution in [2.75, 3.05) is 0 Å². The zero-order valence-electron chi connectivity index (χ0n) is 14.0. The summed E-state index contributed by atoms with van der Waals surface area (Å²) < 4.78 is 6.79. The van der Waals surface area contributed by atoms with Crippen molar-refractivity contribution in [3.05, 3.63) is 12.2 Å². The van der Waals surface area contributed by atoms with Gasteiger partial charge in [-0.2, -0.15) is 5.26 Å². The summed E-state index contributed by atoms with van der Waals surface area (Å²) in [5.74, 6) is 11.1. The Morgan fingerprint density at radius 1 is 0.708 bits per heavy atom. The van der Waals surface area contributed by atoms with Gasteiger partial charge in [-0.1, -0.05) is 12.2 Å². The van der Waals surface area contributed by atoms with Gasteiger partial charge >= 0.3 is 0 Å². The number of rotatable bonds is 0. The Bertz CT molecular complexity index is 722. The Labute approximate surface area is 143 Å². The van der Waals surface area contributed by atoms with Crippen LogP contribution in [0.3, 0.4) is 0 Å². The minimum absolute atomic E-state index is 0.356. The first kappa shape index (κ1) is 12.5. The number of nitrogens with zero attached hydrogens (tertiary/aromatic N) is 1. The highest BCUT2D eigenvalue weighted by molar-refractivity contribution is 5.28. The molecule has 124 valence electrons. The van der Waals surface area contributed by atoms with Crippen LogP contribution in [-0.4, -0.2) is 12.2 Å². The lowest BCUT2D eigenvalue weighted by Gasteiger charge is -2.47. The summed E-state index contributed by atoms with van der Waals surface area (Å²) in [7, 11) is 0. The molecule has 6 aliphatic carbocycles. The van der Waals surface area contributed by atoms with Gasteiger partial charge in [0.2, 0.25) is 0 Å². The van der Waals surface area contributed by atoms with Gasteiger partial charge in [0.1, 0.15) is 0 Å². The van der Waals surface area contributed by atoms with Crippen LogP contribution in [0.4, 0.5) is 0 Å². The summed E-state index contributed by atoms with van der Waals surface area (Å²) in [5, 5.41) is 9.57. The molecule has 0 spiro atoms. The van der Waals surface area contributed by atoms with Crippen LogP contribution in [0.5, 0.6) is 0 Å². The average Bonchev–Trinajstić information content (AvgIpc) is 3.44. The molecule has 24 heavy (non-hydrogen) atoms. The Kier molecular flexibility index (Phi) is 1.91. The Hall–Kier alpha value is -0.810. The standard InChI is InChI=1S/C22H25NO/c23-7-11-4-10-5-12(11)18-17(10)21-19-13-6-14(20(19)22(18)24-21)16-9-2-1-8(3-9)15(13)16/h1-2,8-22H,3-6H2. The zero-order valence-corrected chi connectivity index (χ0v) is 14.0. The minimum Gasteiger partial charge on any atom is -0.374 e. The fourth-order valence-corrected chi connectivity index (χ4v) is 10.7. The maximum Gasteiger partial charge on any atom is 0.0658 e. The fraction of sp³-hybridized carbons (Fsp3) is 0.864. The molecule has 2 heterocycles. The van der Waals surface area contributed by atoms with E-state index in [9.17, 15) is 5.26 Å². The molecule has 2 heteroatoms. The molecule has 7 fully saturated rings. The molecule has 0 aromatic heterocycles. The van der Waals surface area contributed by atoms with E-state index >= 15 is 0 Å². The maximum absolute atomic E-state index is 9.57. The van der Waals surface area contributed by atoms with Crippen LogP contribution in [0.1, 0.15) is 25.7 Å². The summed E-state index contributed by atoms with van der Waals surface area (Å²) in [6.07, 6.45) is 11.9. The molecule has 2 nitrogen and oxygen atoms in total. The van der Waals surface area contributed by atoms with Crippen molar-refractivity contribution in [1.82, 2.24) is 0 Å². The van der Waals surface area contributed by atoms with Crippen molar-refractivity contribution in [3.63, 3.8) is 0 Å². The van der Waals surface area contributed by atoms with Gasteiger partial charge in [-0.15, -0.1) is 0 Å². The molecule has 2 aliphatic heterocycles. The SMILES string of the molecule is N#CC1CC2CC1C1C3OC(C21)C1C2CC(C4C5C=CC(C5)C24)C31. The van der Waals surface area contributed by atoms with Crippen LogP contribution in [0.25, 0.3) is 0 Å². The number of nitriles is 1. The van der Waals surface area contributed by atoms with Crippen molar-refractivity contribution < 1.29 is 4.74 Å². The Balaban J connectivity index is 1.22. The lowest BCUT2D eigenvalue weighted by atomic mass is 9.54. The van der Waals surface area contributed by atoms with E-state index in [1.807, 2.05) is 0 Å². The molecule has 2 saturated heterocycles. The molecule has 15 atom stereocenters. The van der Waals surface area contributed by atoms with Crippen molar-refractivity contribution in [1.29, 1.82) is 5.26 Å². The van der Waals surface area contributed by atoms with Gasteiger partial charge in [-0.25, -0.2) is 0 Å². The van der Waals surface area contributed by atoms with E-state index in [0.717, 1.165) is 65.1 Å². The highest BCUT2D eigenvalue weighted by Gasteiger charge is 2.77. The molecule has 0 radical (unpaired) electrons. The largest absolute Gasteiger partial charge is 0.374 e. The normalized spacial score (nSPS) is 74.0. The molecular formula is C22H25NO. The van der Waals surface area contributed by atoms with Crippen LogP contribution >= 0.6 is 0 Å². The minimum atomic E-state index is 0.356. The predicted molar refractivity (Wildman–Crippen MR) is 87.3 cm³/mol. The smallest absolute Gasteiger partial charge is 0.0658 e. The number of allylic oxidation sites excluding steroid dienone is 2. The van der Waals surface area contributed by atoms with E-state index < -0.39 is 0 Å². The zero-order chi connectivity index (χ0) is 15.3. The summed E-state index contributed by atoms with van der Waals surface area (Å²) in [6.45, 7) is 0. The van der Waals surface area contributed by atoms with Crippen LogP contribution in [0, 0.1) is 88.3 Å². The van der Waals surface area contributed by atoms with E-state index in [4.69, 9.17) is 4.74 Å². The number of hydrogen-bond acceptors (Lipinski definition) is 2. The Morgan fingerprint density at radius 2 is 1.38 bits per heavy atom. The summed E-state index contributed by atoms with van der Waals surface area (Å²) in [6, 6.07) is 2.66. The van der Waals surface area contributed by atoms with Crippen molar-refractivity contribution in [2.45, 2.75) is 37.9 Å². The van der Waals surface area contributed by atoms with Gasteiger partial charge < -0.3 is 4.74 Å². The fourth-order valence-electron chi connectivity index (χ4n) is 10.7. The van der Waals surface area contributed by atoms with Gasteiger partial charge in [0.25, 0.3) is 0 Å². The second kappa shape index (κ2) is 3.66. The molecule has 0 aromatic rings. The van der Waals surface area contributed by atoms with Crippen molar-refractivity contribution in [3.8, 4) is 6.07 Å². The van der Waals surface area contributed by atoms with Gasteiger partial charge in [0, 0.05) is 5.92 Å². The summed E-state index contributed by atoms with van der Waals surface area (Å²) >= 11 is 0. The van der Waals surface area contributed by atoms with E-state index in [2.05, 4.69) is 18.2 Å². The summed E-state index contributed by atoms with van der Waals surface area (Å²) in [5.41, 5.74) is 0. The van der Waals surface area contributed by atoms with Crippen LogP contribution in [0.2, 0.25) is 0 Å². The predicted octanol–water partition coefficient (Wildman–Crippen LogP) is 3.50. The maximum atomic E-state index is 9.57. The monoisotopic (exact) mass is 319 g/mol. The first-order valence-corrected chi connectivity index (χ1v) is 10.6. The third-order valence-electron chi connectivity index (χ3n) is 10.7. The first-order chi connectivity index (χ1) is 11.8. The lowest BCUT2D eigenvalue weighted by molar-refractivity contribution is 0.0168. The van der Waals surface area contributed by atoms with Crippen LogP contribution in [0.15, 0.2) is 12.2 Å². The molecule has 8 bridgehead atoms. The second-order valence-electron chi connectivity index (χ2n) is 10.7. The van der Waals surface area contributed by atoms with Crippen LogP contribution in [-0.2, 0) is 4.74 Å². The molecule has 15 unspecified atom stereocenters. The molecule has 0 aromatic carbocycles. The van der Waals surface area contributed by atoms with Crippen molar-refractivity contribution in [2.24, 2.45) is 76.9 Å². The van der Waals surface area contributed by atoms with E-state index in [1.165, 1.54) is 25.7 Å². The quantitative estimate of drug-likeness (QED) is 0.506. The molecule has 8 rings (SSSR count). The highest BCUT2D eigenvalue weighted by Crippen LogP contribution is 2.77. The van der Waals surface area contributed by atoms with Gasteiger partial charge in [-0.3, -0.25) is 0 Å². The second-order valence-corrected chi connectivity index (χ2v) is 10.7. The van der Waals surface area contributed by atoms with E-state index in [-0.39, 0.29) is 0 Å². The van der Waals surface area contributed by atoms with E-state index in [0.29, 0.717) is 24.0 Å². The number of hydrogen-bond donors (Lipinski definition) is 0. The van der Waals surface area contributed by atoms with E-state index in [1.54, 1.807) is 0 Å². The Morgan fingerprint density at radius 3 is 2.08 bits per heavy atom. The average molecular weight is 319 g/mol. The van der Waals surface area contributed by atoms with Gasteiger partial charge in [0.05, 0.1) is 18.3 Å². The number of fused-ring (bicyclic) bond motifs is 23. The molecule has 0 N–H and O–H groups in total. The van der Waals surface area contributed by atoms with Crippen molar-refractivity contribution >= 4 is 0 Å². The molecule has 0 amide bonds. The third kappa shape index (κ3) is 1.06. The van der Waals surface area contributed by atoms with Crippen LogP contribution < -0.4 is 0 Å². The molecule has 8 aliphatic rings. The third-order valence-corrected chi connectivity index (χ3v) is 10.7. The summed E-state index contributed by atoms with van der Waals surface area (Å²) in [4.78, 5) is 0. The highest BCUT2D eigenvalue weighted by atomic mass is 16.5. The van der Waals surface area contributed by atoms with Gasteiger partial charge in [-0.05, 0) is 96.7 Å². The molecule has 5 saturated carbocycles. The number of ether oxygens (including phenoxy) is 1. The topological polar surface area (TPSA) is 33.0 Å². The van der Waals surface area contributed by atoms with Gasteiger partial charge in [0.15, 0.2) is 0 Å². The lowest BCUT2D eigenvalue weighted by Crippen LogP contribution is -2.50. The molecular weight excluding hydrogens is 294 g/mol. The first-order valence-electron chi connectivity index (χ1n) is 10.6.